The van der Waals surface area contributed by atoms with Crippen molar-refractivity contribution in [3.05, 3.63) is 112 Å². The molecule has 0 aliphatic carbocycles. The zero-order valence-corrected chi connectivity index (χ0v) is 26.7. The van der Waals surface area contributed by atoms with Gasteiger partial charge in [0.25, 0.3) is 5.69 Å². The van der Waals surface area contributed by atoms with Crippen LogP contribution in [0.5, 0.6) is 0 Å². The van der Waals surface area contributed by atoms with Gasteiger partial charge < -0.3 is 26.2 Å². The van der Waals surface area contributed by atoms with E-state index in [0.717, 1.165) is 11.1 Å². The van der Waals surface area contributed by atoms with Gasteiger partial charge in [0.1, 0.15) is 12.1 Å². The quantitative estimate of drug-likeness (QED) is 0.0940. The Morgan fingerprint density at radius 3 is 1.96 bits per heavy atom. The maximum atomic E-state index is 13.7. The summed E-state index contributed by atoms with van der Waals surface area (Å²) in [5.41, 5.74) is 8.27. The molecule has 0 radical (unpaired) electrons. The maximum absolute atomic E-state index is 13.7. The van der Waals surface area contributed by atoms with E-state index >= 15 is 0 Å². The van der Waals surface area contributed by atoms with Gasteiger partial charge in [-0.15, -0.1) is 12.4 Å². The summed E-state index contributed by atoms with van der Waals surface area (Å²) < 4.78 is 5.15. The van der Waals surface area contributed by atoms with Crippen molar-refractivity contribution >= 4 is 53.6 Å². The molecule has 0 fully saturated rings. The number of non-ortho nitro benzene ring substituents is 1. The number of nitrogens with one attached hydrogen (secondary N) is 2. The SMILES string of the molecule is CCOC(=O)[C@H](CSCc1ccc([N+](=O)[O-])cc1)NC(=O)[C@@H](NC(=O)[C@@H](N)Cc1ccccc1)C(Cc1ccccc1)C(=O)O.Cl. The molecule has 4 atom stereocenters. The number of amides is 2. The number of aliphatic carboxylic acids is 1. The van der Waals surface area contributed by atoms with Crippen LogP contribution >= 0.6 is 24.2 Å². The third-order valence-electron chi connectivity index (χ3n) is 6.82. The van der Waals surface area contributed by atoms with Gasteiger partial charge in [0.05, 0.1) is 23.5 Å². The van der Waals surface area contributed by atoms with Gasteiger partial charge in [0.15, 0.2) is 0 Å². The van der Waals surface area contributed by atoms with E-state index in [4.69, 9.17) is 10.5 Å². The predicted octanol–water partition coefficient (Wildman–Crippen LogP) is 3.30. The number of carbonyl (C=O) groups excluding carboxylic acids is 3. The van der Waals surface area contributed by atoms with E-state index in [1.54, 1.807) is 73.7 Å². The van der Waals surface area contributed by atoms with Crippen LogP contribution in [0.2, 0.25) is 0 Å². The maximum Gasteiger partial charge on any atom is 0.329 e. The lowest BCUT2D eigenvalue weighted by molar-refractivity contribution is -0.384. The number of benzene rings is 3. The molecule has 3 aromatic rings. The molecule has 46 heavy (non-hydrogen) atoms. The molecule has 0 saturated heterocycles. The average molecular weight is 673 g/mol. The first-order valence-corrected chi connectivity index (χ1v) is 15.4. The Balaban J connectivity index is 0.00000736. The number of hydrogen-bond donors (Lipinski definition) is 4. The van der Waals surface area contributed by atoms with Crippen LogP contribution in [0.4, 0.5) is 5.69 Å². The summed E-state index contributed by atoms with van der Waals surface area (Å²) in [4.78, 5) is 62.7. The van der Waals surface area contributed by atoms with E-state index < -0.39 is 52.7 Å². The number of nitrogens with two attached hydrogens (primary N) is 1. The van der Waals surface area contributed by atoms with Gasteiger partial charge in [0.2, 0.25) is 11.8 Å². The molecule has 1 unspecified atom stereocenters. The number of ether oxygens (including phenoxy) is 1. The van der Waals surface area contributed by atoms with E-state index in [1.807, 2.05) is 6.07 Å². The summed E-state index contributed by atoms with van der Waals surface area (Å²) >= 11 is 1.26. The molecule has 5 N–H and O–H groups in total. The number of halogens is 1. The number of esters is 1. The second-order valence-corrected chi connectivity index (χ2v) is 11.2. The highest BCUT2D eigenvalue weighted by Crippen LogP contribution is 2.19. The normalized spacial score (nSPS) is 13.2. The Labute approximate surface area is 277 Å². The fraction of sp³-hybridized carbons (Fsp3) is 0.312. The summed E-state index contributed by atoms with van der Waals surface area (Å²) in [7, 11) is 0. The van der Waals surface area contributed by atoms with Crippen molar-refractivity contribution in [2.75, 3.05) is 12.4 Å². The van der Waals surface area contributed by atoms with Crippen LogP contribution < -0.4 is 16.4 Å². The van der Waals surface area contributed by atoms with Crippen molar-refractivity contribution < 1.29 is 33.9 Å². The molecule has 0 aromatic heterocycles. The Kier molecular flexibility index (Phi) is 15.7. The minimum Gasteiger partial charge on any atom is -0.481 e. The molecule has 12 nitrogen and oxygen atoms in total. The van der Waals surface area contributed by atoms with Gasteiger partial charge in [-0.3, -0.25) is 24.5 Å². The van der Waals surface area contributed by atoms with Gasteiger partial charge >= 0.3 is 11.9 Å². The van der Waals surface area contributed by atoms with Crippen LogP contribution in [0.15, 0.2) is 84.9 Å². The summed E-state index contributed by atoms with van der Waals surface area (Å²) in [5.74, 6) is -4.64. The lowest BCUT2D eigenvalue weighted by Gasteiger charge is -2.27. The fourth-order valence-electron chi connectivity index (χ4n) is 4.47. The molecule has 2 amide bonds. The van der Waals surface area contributed by atoms with Gasteiger partial charge in [-0.2, -0.15) is 11.8 Å². The number of carboxylic acids is 1. The van der Waals surface area contributed by atoms with Crippen molar-refractivity contribution in [3.63, 3.8) is 0 Å². The minimum absolute atomic E-state index is 0. The highest BCUT2D eigenvalue weighted by molar-refractivity contribution is 7.98. The smallest absolute Gasteiger partial charge is 0.329 e. The van der Waals surface area contributed by atoms with Crippen LogP contribution in [-0.2, 0) is 42.5 Å². The Morgan fingerprint density at radius 2 is 1.43 bits per heavy atom. The molecule has 0 saturated carbocycles. The first-order chi connectivity index (χ1) is 21.6. The highest BCUT2D eigenvalue weighted by atomic mass is 35.5. The van der Waals surface area contributed by atoms with Crippen LogP contribution in [-0.4, -0.2) is 64.3 Å². The van der Waals surface area contributed by atoms with Crippen LogP contribution in [0.25, 0.3) is 0 Å². The van der Waals surface area contributed by atoms with Gasteiger partial charge in [-0.25, -0.2) is 4.79 Å². The average Bonchev–Trinajstić information content (AvgIpc) is 3.03. The molecule has 3 aromatic carbocycles. The second kappa shape index (κ2) is 19.1. The number of rotatable bonds is 17. The van der Waals surface area contributed by atoms with Gasteiger partial charge in [-0.05, 0) is 36.5 Å². The summed E-state index contributed by atoms with van der Waals surface area (Å²) in [6.07, 6.45) is 0.0730. The van der Waals surface area contributed by atoms with Crippen molar-refractivity contribution in [1.29, 1.82) is 0 Å². The molecule has 0 spiro atoms. The van der Waals surface area contributed by atoms with Crippen LogP contribution in [0.3, 0.4) is 0 Å². The second-order valence-electron chi connectivity index (χ2n) is 10.2. The zero-order valence-electron chi connectivity index (χ0n) is 25.1. The highest BCUT2D eigenvalue weighted by Gasteiger charge is 2.38. The molecule has 0 heterocycles. The number of carboxylic acid groups (broad SMARTS) is 1. The van der Waals surface area contributed by atoms with Crippen molar-refractivity contribution in [1.82, 2.24) is 10.6 Å². The number of thioether (sulfide) groups is 1. The number of hydrogen-bond acceptors (Lipinski definition) is 9. The van der Waals surface area contributed by atoms with E-state index in [0.29, 0.717) is 11.3 Å². The molecule has 246 valence electrons. The van der Waals surface area contributed by atoms with Gasteiger partial charge in [0, 0.05) is 23.6 Å². The Bertz CT molecular complexity index is 1450. The van der Waals surface area contributed by atoms with Crippen molar-refractivity contribution in [3.8, 4) is 0 Å². The molecular formula is C32H37ClN4O8S. The number of nitro benzene ring substituents is 1. The zero-order chi connectivity index (χ0) is 32.8. The topological polar surface area (TPSA) is 191 Å². The molecule has 14 heteroatoms. The molecule has 0 aliphatic heterocycles. The van der Waals surface area contributed by atoms with Crippen LogP contribution in [0, 0.1) is 16.0 Å². The van der Waals surface area contributed by atoms with Crippen molar-refractivity contribution in [2.45, 2.75) is 43.6 Å². The largest absolute Gasteiger partial charge is 0.481 e. The van der Waals surface area contributed by atoms with Crippen LogP contribution in [0.1, 0.15) is 23.6 Å². The Hall–Kier alpha value is -4.46. The standard InChI is InChI=1S/C32H36N4O8S.ClH/c1-2-44-32(41)27(20-45-19-23-13-15-24(16-14-23)36(42)43)34-30(38)28(25(31(39)40)17-21-9-5-3-6-10-21)35-29(37)26(33)18-22-11-7-4-8-12-22;/h3-16,25-28H,2,17-20,33H2,1H3,(H,34,38)(H,35,37)(H,39,40);1H/t25?,26-,27-,28-;/m0./s1. The first-order valence-electron chi connectivity index (χ1n) is 14.2. The minimum atomic E-state index is -1.58. The molecule has 0 bridgehead atoms. The molecule has 3 rings (SSSR count). The number of nitro groups is 1. The summed E-state index contributed by atoms with van der Waals surface area (Å²) in [6.45, 7) is 1.65. The summed E-state index contributed by atoms with van der Waals surface area (Å²) in [5, 5.41) is 26.2. The first kappa shape index (κ1) is 37.7. The monoisotopic (exact) mass is 672 g/mol. The molecule has 0 aliphatic rings. The number of nitrogens with zero attached hydrogens (tertiary/aromatic N) is 1. The van der Waals surface area contributed by atoms with Gasteiger partial charge in [-0.1, -0.05) is 72.8 Å². The molecular weight excluding hydrogens is 636 g/mol. The Morgan fingerprint density at radius 1 is 0.870 bits per heavy atom. The fourth-order valence-corrected chi connectivity index (χ4v) is 5.47. The van der Waals surface area contributed by atoms with E-state index in [-0.39, 0.29) is 43.3 Å². The lowest BCUT2D eigenvalue weighted by Crippen LogP contribution is -2.59. The summed E-state index contributed by atoms with van der Waals surface area (Å²) in [6, 6.07) is 19.8. The van der Waals surface area contributed by atoms with E-state index in [2.05, 4.69) is 10.6 Å². The van der Waals surface area contributed by atoms with Crippen molar-refractivity contribution in [2.24, 2.45) is 11.7 Å². The third-order valence-corrected chi connectivity index (χ3v) is 7.93. The van der Waals surface area contributed by atoms with E-state index in [9.17, 15) is 34.4 Å². The predicted molar refractivity (Wildman–Crippen MR) is 176 cm³/mol. The number of carbonyl (C=O) groups is 4. The van der Waals surface area contributed by atoms with E-state index in [1.165, 1.54) is 23.9 Å². The third kappa shape index (κ3) is 11.8. The lowest BCUT2D eigenvalue weighted by atomic mass is 9.90.